The predicted molar refractivity (Wildman–Crippen MR) is 107 cm³/mol. The molecule has 0 aliphatic heterocycles. The molecule has 0 radical (unpaired) electrons. The highest BCUT2D eigenvalue weighted by atomic mass is 32.2. The zero-order valence-electron chi connectivity index (χ0n) is 16.2. The molecule has 0 spiro atoms. The number of ether oxygens (including phenoxy) is 1. The summed E-state index contributed by atoms with van der Waals surface area (Å²) >= 11 is 1.49. The maximum atomic E-state index is 12.0. The van der Waals surface area contributed by atoms with Gasteiger partial charge >= 0.3 is 5.97 Å². The Morgan fingerprint density at radius 2 is 1.89 bits per heavy atom. The van der Waals surface area contributed by atoms with Gasteiger partial charge in [-0.05, 0) is 56.2 Å². The van der Waals surface area contributed by atoms with Crippen LogP contribution >= 0.6 is 11.8 Å². The highest BCUT2D eigenvalue weighted by molar-refractivity contribution is 7.98. The van der Waals surface area contributed by atoms with E-state index in [1.165, 1.54) is 11.8 Å². The number of amides is 1. The average molecular weight is 388 g/mol. The molecule has 2 aromatic rings. The molecule has 0 saturated carbocycles. The van der Waals surface area contributed by atoms with E-state index in [1.807, 2.05) is 51.3 Å². The summed E-state index contributed by atoms with van der Waals surface area (Å²) in [5.74, 6) is -0.767. The van der Waals surface area contributed by atoms with E-state index in [0.29, 0.717) is 12.1 Å². The largest absolute Gasteiger partial charge is 0.456 e. The summed E-state index contributed by atoms with van der Waals surface area (Å²) < 4.78 is 5.08. The van der Waals surface area contributed by atoms with Crippen molar-refractivity contribution in [2.75, 3.05) is 18.2 Å². The van der Waals surface area contributed by atoms with Crippen molar-refractivity contribution in [1.29, 1.82) is 0 Å². The van der Waals surface area contributed by atoms with Crippen LogP contribution in [0.2, 0.25) is 0 Å². The van der Waals surface area contributed by atoms with Crippen LogP contribution in [0.3, 0.4) is 0 Å². The van der Waals surface area contributed by atoms with E-state index >= 15 is 0 Å². The van der Waals surface area contributed by atoms with Crippen LogP contribution in [0, 0.1) is 13.8 Å². The Kier molecular flexibility index (Phi) is 7.79. The Balaban J connectivity index is 1.81. The van der Waals surface area contributed by atoms with Crippen LogP contribution in [0.15, 0.2) is 29.4 Å². The van der Waals surface area contributed by atoms with Crippen molar-refractivity contribution in [2.24, 2.45) is 0 Å². The zero-order valence-corrected chi connectivity index (χ0v) is 17.0. The van der Waals surface area contributed by atoms with Gasteiger partial charge < -0.3 is 10.1 Å². The number of benzene rings is 1. The fourth-order valence-electron chi connectivity index (χ4n) is 2.67. The third kappa shape index (κ3) is 6.36. The second-order valence-electron chi connectivity index (χ2n) is 6.12. The highest BCUT2D eigenvalue weighted by Crippen LogP contribution is 2.17. The minimum Gasteiger partial charge on any atom is -0.456 e. The standard InChI is InChI=1S/C20H25N3O3S/c1-5-15-7-6-8-16(11-15)23-18(24)12-26-19(25)10-9-17-13(2)21-20(27-4)22-14(17)3/h6-8,11H,5,9-10,12H2,1-4H3,(H,23,24). The second kappa shape index (κ2) is 10.1. The molecule has 2 rings (SSSR count). The maximum absolute atomic E-state index is 12.0. The number of nitrogens with one attached hydrogen (secondary N) is 1. The Hall–Kier alpha value is -2.41. The number of thioether (sulfide) groups is 1. The molecule has 0 fully saturated rings. The molecule has 7 heteroatoms. The summed E-state index contributed by atoms with van der Waals surface area (Å²) in [6, 6.07) is 7.59. The van der Waals surface area contributed by atoms with Gasteiger partial charge in [0, 0.05) is 23.5 Å². The molecule has 1 amide bonds. The number of nitrogens with zero attached hydrogens (tertiary/aromatic N) is 2. The molecule has 0 unspecified atom stereocenters. The van der Waals surface area contributed by atoms with E-state index in [2.05, 4.69) is 15.3 Å². The molecule has 0 aliphatic rings. The zero-order chi connectivity index (χ0) is 19.8. The van der Waals surface area contributed by atoms with Crippen molar-refractivity contribution >= 4 is 29.3 Å². The minimum atomic E-state index is -0.416. The van der Waals surface area contributed by atoms with Gasteiger partial charge in [0.05, 0.1) is 0 Å². The summed E-state index contributed by atoms with van der Waals surface area (Å²) in [6.45, 7) is 5.57. The Bertz CT molecular complexity index is 801. The van der Waals surface area contributed by atoms with Crippen LogP contribution in [0.25, 0.3) is 0 Å². The molecule has 0 bridgehead atoms. The number of aromatic nitrogens is 2. The fourth-order valence-corrected chi connectivity index (χ4v) is 3.13. The summed E-state index contributed by atoms with van der Waals surface area (Å²) in [5, 5.41) is 3.46. The minimum absolute atomic E-state index is 0.183. The van der Waals surface area contributed by atoms with Gasteiger partial charge in [0.25, 0.3) is 5.91 Å². The van der Waals surface area contributed by atoms with Gasteiger partial charge in [0.2, 0.25) is 0 Å². The molecule has 1 aromatic carbocycles. The van der Waals surface area contributed by atoms with E-state index in [0.717, 1.165) is 34.1 Å². The fraction of sp³-hybridized carbons (Fsp3) is 0.400. The molecule has 0 saturated heterocycles. The average Bonchev–Trinajstić information content (AvgIpc) is 2.65. The molecule has 1 aromatic heterocycles. The number of hydrogen-bond acceptors (Lipinski definition) is 6. The van der Waals surface area contributed by atoms with Crippen LogP contribution in [0.4, 0.5) is 5.69 Å². The third-order valence-corrected chi connectivity index (χ3v) is 4.69. The summed E-state index contributed by atoms with van der Waals surface area (Å²) in [7, 11) is 0. The van der Waals surface area contributed by atoms with Gasteiger partial charge in [-0.1, -0.05) is 30.8 Å². The first-order valence-electron chi connectivity index (χ1n) is 8.85. The van der Waals surface area contributed by atoms with Crippen LogP contribution < -0.4 is 5.32 Å². The number of carbonyl (C=O) groups is 2. The number of carbonyl (C=O) groups excluding carboxylic acids is 2. The first-order chi connectivity index (χ1) is 12.9. The number of aryl methyl sites for hydroxylation is 3. The number of hydrogen-bond donors (Lipinski definition) is 1. The van der Waals surface area contributed by atoms with E-state index in [4.69, 9.17) is 4.74 Å². The SMILES string of the molecule is CCc1cccc(NC(=O)COC(=O)CCc2c(C)nc(SC)nc2C)c1. The summed E-state index contributed by atoms with van der Waals surface area (Å²) in [5.41, 5.74) is 4.52. The molecule has 1 N–H and O–H groups in total. The molecule has 27 heavy (non-hydrogen) atoms. The normalized spacial score (nSPS) is 10.5. The third-order valence-electron chi connectivity index (χ3n) is 4.15. The first-order valence-corrected chi connectivity index (χ1v) is 10.1. The molecule has 0 aliphatic carbocycles. The van der Waals surface area contributed by atoms with Gasteiger partial charge in [0.1, 0.15) is 0 Å². The predicted octanol–water partition coefficient (Wildman–Crippen LogP) is 3.49. The Labute approximate surface area is 164 Å². The van der Waals surface area contributed by atoms with E-state index < -0.39 is 5.97 Å². The number of rotatable bonds is 8. The molecule has 144 valence electrons. The smallest absolute Gasteiger partial charge is 0.306 e. The van der Waals surface area contributed by atoms with E-state index in [9.17, 15) is 9.59 Å². The molecular weight excluding hydrogens is 362 g/mol. The second-order valence-corrected chi connectivity index (χ2v) is 6.90. The van der Waals surface area contributed by atoms with Gasteiger partial charge in [-0.15, -0.1) is 0 Å². The summed E-state index contributed by atoms with van der Waals surface area (Å²) in [4.78, 5) is 32.7. The van der Waals surface area contributed by atoms with Crippen LogP contribution in [0.5, 0.6) is 0 Å². The van der Waals surface area contributed by atoms with Gasteiger partial charge in [-0.25, -0.2) is 9.97 Å². The number of anilines is 1. The van der Waals surface area contributed by atoms with Crippen LogP contribution in [-0.4, -0.2) is 34.7 Å². The van der Waals surface area contributed by atoms with Crippen molar-refractivity contribution in [1.82, 2.24) is 9.97 Å². The first kappa shape index (κ1) is 20.9. The van der Waals surface area contributed by atoms with Gasteiger partial charge in [-0.2, -0.15) is 0 Å². The van der Waals surface area contributed by atoms with Crippen molar-refractivity contribution in [3.8, 4) is 0 Å². The van der Waals surface area contributed by atoms with E-state index in [-0.39, 0.29) is 18.9 Å². The lowest BCUT2D eigenvalue weighted by molar-refractivity contribution is -0.147. The quantitative estimate of drug-likeness (QED) is 0.424. The lowest BCUT2D eigenvalue weighted by Gasteiger charge is -2.10. The topological polar surface area (TPSA) is 81.2 Å². The highest BCUT2D eigenvalue weighted by Gasteiger charge is 2.12. The maximum Gasteiger partial charge on any atom is 0.306 e. The molecule has 6 nitrogen and oxygen atoms in total. The summed E-state index contributed by atoms with van der Waals surface area (Å²) in [6.07, 6.45) is 3.49. The van der Waals surface area contributed by atoms with Crippen molar-refractivity contribution in [3.05, 3.63) is 46.8 Å². The van der Waals surface area contributed by atoms with Crippen molar-refractivity contribution < 1.29 is 14.3 Å². The van der Waals surface area contributed by atoms with E-state index in [1.54, 1.807) is 0 Å². The lowest BCUT2D eigenvalue weighted by Crippen LogP contribution is -2.21. The van der Waals surface area contributed by atoms with Crippen molar-refractivity contribution in [3.63, 3.8) is 0 Å². The van der Waals surface area contributed by atoms with Gasteiger partial charge in [-0.3, -0.25) is 9.59 Å². The van der Waals surface area contributed by atoms with Crippen molar-refractivity contribution in [2.45, 2.75) is 45.2 Å². The molecular formula is C20H25N3O3S. The molecule has 0 atom stereocenters. The lowest BCUT2D eigenvalue weighted by atomic mass is 10.1. The van der Waals surface area contributed by atoms with Gasteiger partial charge in [0.15, 0.2) is 11.8 Å². The van der Waals surface area contributed by atoms with Crippen LogP contribution in [0.1, 0.15) is 35.9 Å². The Morgan fingerprint density at radius 1 is 1.19 bits per heavy atom. The monoisotopic (exact) mass is 387 g/mol. The Morgan fingerprint density at radius 3 is 2.52 bits per heavy atom. The van der Waals surface area contributed by atoms with Crippen LogP contribution in [-0.2, 0) is 27.2 Å². The number of esters is 1. The molecule has 1 heterocycles.